The van der Waals surface area contributed by atoms with E-state index in [1.165, 1.54) is 12.1 Å². The van der Waals surface area contributed by atoms with Crippen LogP contribution < -0.4 is 15.4 Å². The van der Waals surface area contributed by atoms with Crippen molar-refractivity contribution in [2.45, 2.75) is 18.4 Å². The first-order chi connectivity index (χ1) is 16.9. The fourth-order valence-corrected chi connectivity index (χ4v) is 4.41. The number of carbonyl (C=O) groups is 1. The zero-order valence-corrected chi connectivity index (χ0v) is 19.8. The number of hydrogen-bond donors (Lipinski definition) is 4. The molecular weight excluding hydrogens is 466 g/mol. The number of para-hydroxylation sites is 1. The molecule has 0 aliphatic rings. The van der Waals surface area contributed by atoms with Crippen molar-refractivity contribution in [2.75, 3.05) is 16.6 Å². The van der Waals surface area contributed by atoms with Crippen molar-refractivity contribution in [3.63, 3.8) is 0 Å². The Hall–Kier alpha value is -4.31. The first-order valence-corrected chi connectivity index (χ1v) is 12.3. The van der Waals surface area contributed by atoms with E-state index in [9.17, 15) is 13.2 Å². The van der Waals surface area contributed by atoms with Gasteiger partial charge in [-0.3, -0.25) is 14.6 Å². The van der Waals surface area contributed by atoms with Crippen LogP contribution in [0.2, 0.25) is 0 Å². The van der Waals surface area contributed by atoms with E-state index < -0.39 is 15.9 Å². The summed E-state index contributed by atoms with van der Waals surface area (Å²) in [6, 6.07) is 18.4. The molecule has 0 aliphatic heterocycles. The lowest BCUT2D eigenvalue weighted by Gasteiger charge is -2.13. The third kappa shape index (κ3) is 6.61. The number of benzene rings is 2. The highest BCUT2D eigenvalue weighted by Gasteiger charge is 2.19. The van der Waals surface area contributed by atoms with Gasteiger partial charge in [0.1, 0.15) is 5.76 Å². The van der Waals surface area contributed by atoms with Crippen molar-refractivity contribution in [1.29, 1.82) is 0 Å². The van der Waals surface area contributed by atoms with Crippen LogP contribution in [0.5, 0.6) is 0 Å². The monoisotopic (exact) mass is 491 g/mol. The number of aromatic amines is 1. The SMILES string of the molecule is Cc1cc(CNC(=O)c2cc(NC/C=C/c3ccco3)cc(S(=O)(=O)Nc3ccccc3)c2)n[nH]1. The highest BCUT2D eigenvalue weighted by atomic mass is 32.2. The van der Waals surface area contributed by atoms with Crippen molar-refractivity contribution < 1.29 is 17.6 Å². The Morgan fingerprint density at radius 2 is 1.89 bits per heavy atom. The Morgan fingerprint density at radius 1 is 1.06 bits per heavy atom. The number of aromatic nitrogens is 2. The number of amides is 1. The lowest BCUT2D eigenvalue weighted by atomic mass is 10.2. The van der Waals surface area contributed by atoms with E-state index in [-0.39, 0.29) is 17.0 Å². The Kier molecular flexibility index (Phi) is 7.32. The molecule has 2 aromatic carbocycles. The van der Waals surface area contributed by atoms with Crippen LogP contribution in [0, 0.1) is 6.92 Å². The molecule has 0 unspecified atom stereocenters. The predicted molar refractivity (Wildman–Crippen MR) is 134 cm³/mol. The quantitative estimate of drug-likeness (QED) is 0.264. The Morgan fingerprint density at radius 3 is 2.60 bits per heavy atom. The van der Waals surface area contributed by atoms with Crippen molar-refractivity contribution in [3.05, 3.63) is 102 Å². The first-order valence-electron chi connectivity index (χ1n) is 10.8. The van der Waals surface area contributed by atoms with Gasteiger partial charge in [-0.05, 0) is 61.5 Å². The van der Waals surface area contributed by atoms with E-state index in [4.69, 9.17) is 4.42 Å². The number of furan rings is 1. The molecule has 35 heavy (non-hydrogen) atoms. The average Bonchev–Trinajstić information content (AvgIpc) is 3.52. The molecule has 10 heteroatoms. The van der Waals surface area contributed by atoms with E-state index >= 15 is 0 Å². The summed E-state index contributed by atoms with van der Waals surface area (Å²) >= 11 is 0. The molecule has 0 saturated heterocycles. The standard InChI is InChI=1S/C25H25N5O4S/c1-18-13-22(29-28-18)17-27-25(31)19-14-21(26-11-5-9-23-10-6-12-34-23)16-24(15-19)35(32,33)30-20-7-3-2-4-8-20/h2-10,12-16,26,30H,11,17H2,1H3,(H,27,31)(H,28,29)/b9-5+. The van der Waals surface area contributed by atoms with Crippen LogP contribution in [0.15, 0.2) is 88.4 Å². The number of hydrogen-bond acceptors (Lipinski definition) is 6. The molecule has 180 valence electrons. The second-order valence-corrected chi connectivity index (χ2v) is 9.42. The summed E-state index contributed by atoms with van der Waals surface area (Å²) in [5.74, 6) is 0.278. The number of nitrogens with one attached hydrogen (secondary N) is 4. The summed E-state index contributed by atoms with van der Waals surface area (Å²) in [5, 5.41) is 12.8. The van der Waals surface area contributed by atoms with Gasteiger partial charge in [-0.2, -0.15) is 5.10 Å². The molecule has 0 saturated carbocycles. The number of H-pyrrole nitrogens is 1. The van der Waals surface area contributed by atoms with Gasteiger partial charge in [0.15, 0.2) is 0 Å². The zero-order chi connectivity index (χ0) is 24.7. The number of nitrogens with zero attached hydrogens (tertiary/aromatic N) is 1. The minimum absolute atomic E-state index is 0.0397. The van der Waals surface area contributed by atoms with Crippen molar-refractivity contribution in [1.82, 2.24) is 15.5 Å². The lowest BCUT2D eigenvalue weighted by Crippen LogP contribution is -2.24. The molecule has 0 fully saturated rings. The maximum absolute atomic E-state index is 13.1. The number of carbonyl (C=O) groups excluding carboxylic acids is 1. The van der Waals surface area contributed by atoms with E-state index in [1.54, 1.807) is 54.8 Å². The molecular formula is C25H25N5O4S. The number of sulfonamides is 1. The van der Waals surface area contributed by atoms with E-state index in [2.05, 4.69) is 25.6 Å². The van der Waals surface area contributed by atoms with Crippen LogP contribution in [-0.4, -0.2) is 31.1 Å². The molecule has 9 nitrogen and oxygen atoms in total. The second-order valence-electron chi connectivity index (χ2n) is 7.74. The Bertz CT molecular complexity index is 1410. The van der Waals surface area contributed by atoms with Gasteiger partial charge in [0.25, 0.3) is 15.9 Å². The zero-order valence-electron chi connectivity index (χ0n) is 19.0. The number of rotatable bonds is 10. The summed E-state index contributed by atoms with van der Waals surface area (Å²) in [5.41, 5.74) is 2.65. The van der Waals surface area contributed by atoms with Crippen LogP contribution in [0.3, 0.4) is 0 Å². The Balaban J connectivity index is 1.56. The summed E-state index contributed by atoms with van der Waals surface area (Å²) < 4.78 is 34.0. The third-order valence-electron chi connectivity index (χ3n) is 4.94. The van der Waals surface area contributed by atoms with Crippen LogP contribution in [-0.2, 0) is 16.6 Å². The topological polar surface area (TPSA) is 129 Å². The molecule has 0 atom stereocenters. The maximum atomic E-state index is 13.1. The summed E-state index contributed by atoms with van der Waals surface area (Å²) in [6.07, 6.45) is 5.21. The Labute approximate surface area is 203 Å². The van der Waals surface area contributed by atoms with E-state index in [0.717, 1.165) is 5.69 Å². The molecule has 2 heterocycles. The van der Waals surface area contributed by atoms with Crippen LogP contribution in [0.25, 0.3) is 6.08 Å². The van der Waals surface area contributed by atoms with Gasteiger partial charge >= 0.3 is 0 Å². The molecule has 0 bridgehead atoms. The summed E-state index contributed by atoms with van der Waals surface area (Å²) in [7, 11) is -3.94. The van der Waals surface area contributed by atoms with Crippen LogP contribution >= 0.6 is 0 Å². The van der Waals surface area contributed by atoms with Gasteiger partial charge in [0.05, 0.1) is 23.4 Å². The van der Waals surface area contributed by atoms with Crippen LogP contribution in [0.4, 0.5) is 11.4 Å². The van der Waals surface area contributed by atoms with Crippen molar-refractivity contribution in [2.24, 2.45) is 0 Å². The van der Waals surface area contributed by atoms with E-state index in [1.807, 2.05) is 25.1 Å². The fraction of sp³-hybridized carbons (Fsp3) is 0.120. The second kappa shape index (κ2) is 10.7. The maximum Gasteiger partial charge on any atom is 0.261 e. The molecule has 0 radical (unpaired) electrons. The average molecular weight is 492 g/mol. The minimum Gasteiger partial charge on any atom is -0.465 e. The summed E-state index contributed by atoms with van der Waals surface area (Å²) in [4.78, 5) is 12.8. The molecule has 0 spiro atoms. The molecule has 0 aliphatic carbocycles. The predicted octanol–water partition coefficient (Wildman–Crippen LogP) is 4.17. The molecule has 2 aromatic heterocycles. The molecule has 4 N–H and O–H groups in total. The van der Waals surface area contributed by atoms with Gasteiger partial charge < -0.3 is 15.1 Å². The van der Waals surface area contributed by atoms with Gasteiger partial charge in [0.2, 0.25) is 0 Å². The normalized spacial score (nSPS) is 11.5. The highest BCUT2D eigenvalue weighted by molar-refractivity contribution is 7.92. The van der Waals surface area contributed by atoms with Crippen LogP contribution in [0.1, 0.15) is 27.5 Å². The number of aryl methyl sites for hydroxylation is 1. The molecule has 4 aromatic rings. The molecule has 4 rings (SSSR count). The third-order valence-corrected chi connectivity index (χ3v) is 6.30. The largest absolute Gasteiger partial charge is 0.465 e. The smallest absolute Gasteiger partial charge is 0.261 e. The van der Waals surface area contributed by atoms with Gasteiger partial charge in [-0.25, -0.2) is 8.42 Å². The van der Waals surface area contributed by atoms with Gasteiger partial charge in [-0.15, -0.1) is 0 Å². The summed E-state index contributed by atoms with van der Waals surface area (Å²) in [6.45, 7) is 2.46. The minimum atomic E-state index is -3.94. The molecule has 1 amide bonds. The van der Waals surface area contributed by atoms with Crippen molar-refractivity contribution in [3.8, 4) is 0 Å². The highest BCUT2D eigenvalue weighted by Crippen LogP contribution is 2.22. The fourth-order valence-electron chi connectivity index (χ4n) is 3.28. The van der Waals surface area contributed by atoms with E-state index in [0.29, 0.717) is 29.4 Å². The van der Waals surface area contributed by atoms with Gasteiger partial charge in [0, 0.05) is 29.2 Å². The number of anilines is 2. The lowest BCUT2D eigenvalue weighted by molar-refractivity contribution is 0.0950. The van der Waals surface area contributed by atoms with Crippen molar-refractivity contribution >= 4 is 33.4 Å². The first kappa shape index (κ1) is 23.8. The van der Waals surface area contributed by atoms with Gasteiger partial charge in [-0.1, -0.05) is 24.3 Å².